The molecule has 0 N–H and O–H groups in total. The molecule has 3 aromatic heterocycles. The number of pyridine rings is 2. The van der Waals surface area contributed by atoms with Gasteiger partial charge in [-0.05, 0) is 24.3 Å². The molecule has 0 radical (unpaired) electrons. The van der Waals surface area contributed by atoms with E-state index in [2.05, 4.69) is 39.3 Å². The molecule has 0 unspecified atom stereocenters. The van der Waals surface area contributed by atoms with Gasteiger partial charge < -0.3 is 0 Å². The largest absolute Gasteiger partial charge is 0.267 e. The topological polar surface area (TPSA) is 43.6 Å². The summed E-state index contributed by atoms with van der Waals surface area (Å²) in [6, 6.07) is 20.6. The van der Waals surface area contributed by atoms with Crippen LogP contribution in [-0.4, -0.2) is 19.7 Å². The molecule has 3 heterocycles. The third-order valence-electron chi connectivity index (χ3n) is 4.70. The van der Waals surface area contributed by atoms with Gasteiger partial charge in [0.25, 0.3) is 0 Å². The van der Waals surface area contributed by atoms with Crippen LogP contribution in [0.5, 0.6) is 0 Å². The molecule has 0 saturated heterocycles. The highest BCUT2D eigenvalue weighted by Crippen LogP contribution is 2.33. The monoisotopic (exact) mass is 336 g/mol. The number of fused-ring (bicyclic) bond motifs is 2. The molecule has 4 nitrogen and oxygen atoms in total. The lowest BCUT2D eigenvalue weighted by molar-refractivity contribution is 0.776. The van der Waals surface area contributed by atoms with Crippen LogP contribution in [0.1, 0.15) is 0 Å². The summed E-state index contributed by atoms with van der Waals surface area (Å²) in [7, 11) is 1.96. The van der Waals surface area contributed by atoms with E-state index >= 15 is 0 Å². The molecule has 26 heavy (non-hydrogen) atoms. The zero-order valence-electron chi connectivity index (χ0n) is 14.3. The molecule has 2 aromatic carbocycles. The quantitative estimate of drug-likeness (QED) is 0.463. The molecule has 0 atom stereocenters. The molecule has 0 amide bonds. The number of nitrogens with zero attached hydrogens (tertiary/aromatic N) is 4. The van der Waals surface area contributed by atoms with Crippen molar-refractivity contribution in [2.75, 3.05) is 0 Å². The minimum absolute atomic E-state index is 0.993. The van der Waals surface area contributed by atoms with Gasteiger partial charge in [-0.1, -0.05) is 36.4 Å². The van der Waals surface area contributed by atoms with Gasteiger partial charge in [0.1, 0.15) is 0 Å². The second kappa shape index (κ2) is 5.77. The Balaban J connectivity index is 1.71. The number of hydrogen-bond donors (Lipinski definition) is 0. The lowest BCUT2D eigenvalue weighted by Crippen LogP contribution is -1.95. The van der Waals surface area contributed by atoms with Crippen LogP contribution < -0.4 is 0 Å². The Morgan fingerprint density at radius 1 is 0.692 bits per heavy atom. The Morgan fingerprint density at radius 3 is 1.96 bits per heavy atom. The lowest BCUT2D eigenvalue weighted by atomic mass is 10.0. The van der Waals surface area contributed by atoms with Crippen LogP contribution in [0.15, 0.2) is 79.3 Å². The number of benzene rings is 2. The van der Waals surface area contributed by atoms with E-state index in [9.17, 15) is 0 Å². The van der Waals surface area contributed by atoms with Crippen LogP contribution >= 0.6 is 0 Å². The molecule has 124 valence electrons. The fraction of sp³-hybridized carbons (Fsp3) is 0.0455. The average molecular weight is 336 g/mol. The van der Waals surface area contributed by atoms with Gasteiger partial charge >= 0.3 is 0 Å². The third kappa shape index (κ3) is 2.35. The van der Waals surface area contributed by atoms with Crippen molar-refractivity contribution in [1.29, 1.82) is 0 Å². The van der Waals surface area contributed by atoms with Crippen molar-refractivity contribution in [2.24, 2.45) is 7.05 Å². The van der Waals surface area contributed by atoms with Crippen molar-refractivity contribution in [3.8, 4) is 22.4 Å². The second-order valence-corrected chi connectivity index (χ2v) is 6.36. The third-order valence-corrected chi connectivity index (χ3v) is 4.70. The van der Waals surface area contributed by atoms with Gasteiger partial charge in [0.05, 0.1) is 22.9 Å². The summed E-state index contributed by atoms with van der Waals surface area (Å²) in [5, 5.41) is 6.73. The molecule has 0 spiro atoms. The lowest BCUT2D eigenvalue weighted by Gasteiger charge is -2.08. The predicted octanol–water partition coefficient (Wildman–Crippen LogP) is 4.85. The Hall–Kier alpha value is -3.53. The van der Waals surface area contributed by atoms with Crippen molar-refractivity contribution in [1.82, 2.24) is 19.7 Å². The second-order valence-electron chi connectivity index (χ2n) is 6.36. The van der Waals surface area contributed by atoms with Crippen LogP contribution in [0.3, 0.4) is 0 Å². The number of rotatable bonds is 2. The molecule has 4 heteroatoms. The minimum Gasteiger partial charge on any atom is -0.267 e. The SMILES string of the molecule is Cn1ncc(-c2cnc3ccccc3c2)c1-c1cnc2ccccc2c1. The first-order valence-electron chi connectivity index (χ1n) is 8.52. The predicted molar refractivity (Wildman–Crippen MR) is 105 cm³/mol. The zero-order chi connectivity index (χ0) is 17.5. The Morgan fingerprint density at radius 2 is 1.27 bits per heavy atom. The number of hydrogen-bond acceptors (Lipinski definition) is 3. The van der Waals surface area contributed by atoms with E-state index in [1.165, 1.54) is 0 Å². The summed E-state index contributed by atoms with van der Waals surface area (Å²) < 4.78 is 1.90. The fourth-order valence-corrected chi connectivity index (χ4v) is 3.41. The van der Waals surface area contributed by atoms with Crippen LogP contribution in [-0.2, 0) is 7.05 Å². The Bertz CT molecular complexity index is 1250. The van der Waals surface area contributed by atoms with Gasteiger partial charge in [-0.25, -0.2) is 0 Å². The highest BCUT2D eigenvalue weighted by atomic mass is 15.3. The standard InChI is InChI=1S/C22H16N4/c1-26-22(18-11-16-7-3-5-9-21(16)24-13-18)19(14-25-26)17-10-15-6-2-4-8-20(15)23-12-17/h2-14H,1H3. The van der Waals surface area contributed by atoms with Gasteiger partial charge in [-0.2, -0.15) is 5.10 Å². The van der Waals surface area contributed by atoms with Crippen LogP contribution in [0, 0.1) is 0 Å². The van der Waals surface area contributed by atoms with Gasteiger partial charge in [0.15, 0.2) is 0 Å². The molecular weight excluding hydrogens is 320 g/mol. The maximum atomic E-state index is 4.61. The maximum Gasteiger partial charge on any atom is 0.0773 e. The van der Waals surface area contributed by atoms with Crippen molar-refractivity contribution >= 4 is 21.8 Å². The van der Waals surface area contributed by atoms with Crippen LogP contribution in [0.25, 0.3) is 44.2 Å². The number of para-hydroxylation sites is 2. The normalized spacial score (nSPS) is 11.3. The molecule has 0 fully saturated rings. The van der Waals surface area contributed by atoms with Gasteiger partial charge in [0, 0.05) is 46.9 Å². The number of aromatic nitrogens is 4. The summed E-state index contributed by atoms with van der Waals surface area (Å²) in [4.78, 5) is 9.21. The van der Waals surface area contributed by atoms with Crippen LogP contribution in [0.4, 0.5) is 0 Å². The van der Waals surface area contributed by atoms with E-state index in [4.69, 9.17) is 0 Å². The van der Waals surface area contributed by atoms with E-state index in [0.29, 0.717) is 0 Å². The molecule has 0 bridgehead atoms. The first-order valence-corrected chi connectivity index (χ1v) is 8.52. The Kier molecular flexibility index (Phi) is 3.28. The molecule has 0 saturated carbocycles. The summed E-state index contributed by atoms with van der Waals surface area (Å²) >= 11 is 0. The van der Waals surface area contributed by atoms with E-state index < -0.39 is 0 Å². The fourth-order valence-electron chi connectivity index (χ4n) is 3.41. The van der Waals surface area contributed by atoms with Gasteiger partial charge in [-0.3, -0.25) is 14.6 Å². The van der Waals surface area contributed by atoms with Crippen molar-refractivity contribution in [3.05, 3.63) is 79.3 Å². The summed E-state index contributed by atoms with van der Waals surface area (Å²) in [5.74, 6) is 0. The molecular formula is C22H16N4. The highest BCUT2D eigenvalue weighted by molar-refractivity contribution is 5.90. The smallest absolute Gasteiger partial charge is 0.0773 e. The Labute approximate surface area is 150 Å². The molecule has 0 aliphatic heterocycles. The van der Waals surface area contributed by atoms with E-state index in [0.717, 1.165) is 44.2 Å². The number of aryl methyl sites for hydroxylation is 1. The van der Waals surface area contributed by atoms with Crippen molar-refractivity contribution in [3.63, 3.8) is 0 Å². The van der Waals surface area contributed by atoms with Crippen molar-refractivity contribution < 1.29 is 0 Å². The maximum absolute atomic E-state index is 4.61. The van der Waals surface area contributed by atoms with E-state index in [1.807, 2.05) is 66.7 Å². The molecule has 0 aliphatic rings. The van der Waals surface area contributed by atoms with Crippen LogP contribution in [0.2, 0.25) is 0 Å². The first kappa shape index (κ1) is 14.8. The van der Waals surface area contributed by atoms with Gasteiger partial charge in [0.2, 0.25) is 0 Å². The molecule has 5 rings (SSSR count). The first-order chi connectivity index (χ1) is 12.8. The highest BCUT2D eigenvalue weighted by Gasteiger charge is 2.14. The van der Waals surface area contributed by atoms with E-state index in [1.54, 1.807) is 0 Å². The molecule has 0 aliphatic carbocycles. The van der Waals surface area contributed by atoms with E-state index in [-0.39, 0.29) is 0 Å². The van der Waals surface area contributed by atoms with Gasteiger partial charge in [-0.15, -0.1) is 0 Å². The van der Waals surface area contributed by atoms with Crippen molar-refractivity contribution in [2.45, 2.75) is 0 Å². The summed E-state index contributed by atoms with van der Waals surface area (Å²) in [5.41, 5.74) is 6.19. The summed E-state index contributed by atoms with van der Waals surface area (Å²) in [6.07, 6.45) is 5.73. The zero-order valence-corrected chi connectivity index (χ0v) is 14.3. The average Bonchev–Trinajstić information content (AvgIpc) is 3.08. The minimum atomic E-state index is 0.993. The summed E-state index contributed by atoms with van der Waals surface area (Å²) in [6.45, 7) is 0. The molecule has 5 aromatic rings.